The maximum Gasteiger partial charge on any atom is 0.153 e. The van der Waals surface area contributed by atoms with Crippen molar-refractivity contribution in [2.45, 2.75) is 6.10 Å². The summed E-state index contributed by atoms with van der Waals surface area (Å²) in [6, 6.07) is 8.81. The molecule has 10 heavy (non-hydrogen) atoms. The third-order valence-electron chi connectivity index (χ3n) is 1.27. The Kier molecular flexibility index (Phi) is 2.18. The van der Waals surface area contributed by atoms with Crippen LogP contribution in [0.4, 0.5) is 0 Å². The van der Waals surface area contributed by atoms with Crippen LogP contribution in [-0.2, 0) is 4.79 Å². The fourth-order valence-electron chi connectivity index (χ4n) is 0.729. The molecule has 0 unspecified atom stereocenters. The lowest BCUT2D eigenvalue weighted by Gasteiger charge is -1.99. The second kappa shape index (κ2) is 3.13. The first-order valence-corrected chi connectivity index (χ1v) is 3.03. The lowest BCUT2D eigenvalue weighted by molar-refractivity contribution is -0.115. The third kappa shape index (κ3) is 1.42. The highest BCUT2D eigenvalue weighted by atomic mass is 16.3. The zero-order chi connectivity index (χ0) is 7.40. The van der Waals surface area contributed by atoms with Gasteiger partial charge in [-0.3, -0.25) is 0 Å². The molecule has 1 rings (SSSR count). The van der Waals surface area contributed by atoms with E-state index in [0.717, 1.165) is 0 Å². The number of aldehydes is 1. The largest absolute Gasteiger partial charge is 0.381 e. The van der Waals surface area contributed by atoms with Crippen LogP contribution >= 0.6 is 0 Å². The third-order valence-corrected chi connectivity index (χ3v) is 1.27. The Hall–Kier alpha value is -1.15. The summed E-state index contributed by atoms with van der Waals surface area (Å²) in [6.07, 6.45) is -0.462. The van der Waals surface area contributed by atoms with Gasteiger partial charge in [0.15, 0.2) is 6.29 Å². The number of benzene rings is 1. The number of carbonyl (C=O) groups excluding carboxylic acids is 1. The van der Waals surface area contributed by atoms with Gasteiger partial charge in [-0.15, -0.1) is 0 Å². The molecular formula is C8H8O2. The van der Waals surface area contributed by atoms with Gasteiger partial charge in [-0.1, -0.05) is 30.3 Å². The van der Waals surface area contributed by atoms with Crippen molar-refractivity contribution in [3.63, 3.8) is 0 Å². The van der Waals surface area contributed by atoms with E-state index in [1.54, 1.807) is 24.3 Å². The van der Waals surface area contributed by atoms with Gasteiger partial charge in [-0.05, 0) is 5.56 Å². The summed E-state index contributed by atoms with van der Waals surface area (Å²) < 4.78 is 0. The molecule has 2 nitrogen and oxygen atoms in total. The van der Waals surface area contributed by atoms with Crippen molar-refractivity contribution < 1.29 is 9.90 Å². The number of aliphatic hydroxyl groups is 1. The second-order valence-electron chi connectivity index (χ2n) is 1.99. The van der Waals surface area contributed by atoms with E-state index in [9.17, 15) is 4.79 Å². The minimum absolute atomic E-state index is 0.509. The van der Waals surface area contributed by atoms with Gasteiger partial charge in [0.1, 0.15) is 6.10 Å². The number of carbonyl (C=O) groups is 1. The van der Waals surface area contributed by atoms with Crippen LogP contribution in [0.15, 0.2) is 30.3 Å². The summed E-state index contributed by atoms with van der Waals surface area (Å²) in [5, 5.41) is 8.96. The lowest BCUT2D eigenvalue weighted by atomic mass is 10.1. The van der Waals surface area contributed by atoms with Crippen LogP contribution in [0.2, 0.25) is 0 Å². The Morgan fingerprint density at radius 2 is 1.90 bits per heavy atom. The molecule has 0 amide bonds. The van der Waals surface area contributed by atoms with Crippen LogP contribution in [0.25, 0.3) is 0 Å². The molecule has 1 N–H and O–H groups in total. The average molecular weight is 136 g/mol. The van der Waals surface area contributed by atoms with Crippen LogP contribution < -0.4 is 0 Å². The topological polar surface area (TPSA) is 37.3 Å². The monoisotopic (exact) mass is 136 g/mol. The molecule has 0 fully saturated rings. The molecule has 1 aromatic carbocycles. The number of aliphatic hydroxyl groups excluding tert-OH is 1. The first-order valence-electron chi connectivity index (χ1n) is 3.03. The average Bonchev–Trinajstić information content (AvgIpc) is 2.05. The molecule has 0 bridgehead atoms. The van der Waals surface area contributed by atoms with Crippen LogP contribution in [0.5, 0.6) is 0 Å². The van der Waals surface area contributed by atoms with Gasteiger partial charge in [-0.25, -0.2) is 0 Å². The fourth-order valence-corrected chi connectivity index (χ4v) is 0.729. The fraction of sp³-hybridized carbons (Fsp3) is 0.125. The highest BCUT2D eigenvalue weighted by molar-refractivity contribution is 5.59. The van der Waals surface area contributed by atoms with Crippen LogP contribution in [0.3, 0.4) is 0 Å². The van der Waals surface area contributed by atoms with E-state index in [2.05, 4.69) is 0 Å². The summed E-state index contributed by atoms with van der Waals surface area (Å²) in [6.45, 7) is 0. The quantitative estimate of drug-likeness (QED) is 0.614. The predicted octanol–water partition coefficient (Wildman–Crippen LogP) is 0.919. The molecule has 0 spiro atoms. The zero-order valence-corrected chi connectivity index (χ0v) is 5.40. The maximum atomic E-state index is 10.1. The smallest absolute Gasteiger partial charge is 0.153 e. The van der Waals surface area contributed by atoms with Crippen molar-refractivity contribution in [3.8, 4) is 0 Å². The number of rotatable bonds is 2. The molecule has 0 aliphatic carbocycles. The lowest BCUT2D eigenvalue weighted by Crippen LogP contribution is -1.96. The van der Waals surface area contributed by atoms with E-state index in [4.69, 9.17) is 5.11 Å². The van der Waals surface area contributed by atoms with Crippen LogP contribution in [-0.4, -0.2) is 11.4 Å². The SMILES string of the molecule is O=C[C@@H](O)c1ccccc1. The van der Waals surface area contributed by atoms with Crippen molar-refractivity contribution in [2.75, 3.05) is 0 Å². The van der Waals surface area contributed by atoms with Crippen molar-refractivity contribution in [2.24, 2.45) is 0 Å². The minimum atomic E-state index is -0.971. The van der Waals surface area contributed by atoms with Crippen molar-refractivity contribution in [1.29, 1.82) is 0 Å². The molecule has 0 heterocycles. The molecule has 0 aliphatic heterocycles. The summed E-state index contributed by atoms with van der Waals surface area (Å²) in [5.74, 6) is 0. The molecule has 52 valence electrons. The van der Waals surface area contributed by atoms with Crippen molar-refractivity contribution in [3.05, 3.63) is 35.9 Å². The van der Waals surface area contributed by atoms with Gasteiger partial charge >= 0.3 is 0 Å². The van der Waals surface area contributed by atoms with E-state index in [1.807, 2.05) is 6.07 Å². The van der Waals surface area contributed by atoms with Gasteiger partial charge in [0, 0.05) is 0 Å². The molecular weight excluding hydrogens is 128 g/mol. The summed E-state index contributed by atoms with van der Waals surface area (Å²) in [7, 11) is 0. The standard InChI is InChI=1S/C8H8O2/c9-6-8(10)7-4-2-1-3-5-7/h1-6,8,10H/t8-/m1/s1. The molecule has 0 aromatic heterocycles. The Morgan fingerprint density at radius 3 is 2.40 bits per heavy atom. The van der Waals surface area contributed by atoms with Gasteiger partial charge < -0.3 is 9.90 Å². The first kappa shape index (κ1) is 6.96. The van der Waals surface area contributed by atoms with Gasteiger partial charge in [-0.2, -0.15) is 0 Å². The summed E-state index contributed by atoms with van der Waals surface area (Å²) >= 11 is 0. The van der Waals surface area contributed by atoms with Crippen LogP contribution in [0.1, 0.15) is 11.7 Å². The molecule has 1 aromatic rings. The van der Waals surface area contributed by atoms with E-state index in [1.165, 1.54) is 0 Å². The Balaban J connectivity index is 2.84. The summed E-state index contributed by atoms with van der Waals surface area (Å²) in [4.78, 5) is 10.1. The minimum Gasteiger partial charge on any atom is -0.381 e. The molecule has 0 aliphatic rings. The highest BCUT2D eigenvalue weighted by Gasteiger charge is 2.01. The zero-order valence-electron chi connectivity index (χ0n) is 5.40. The van der Waals surface area contributed by atoms with Gasteiger partial charge in [0.25, 0.3) is 0 Å². The van der Waals surface area contributed by atoms with Crippen LogP contribution in [0, 0.1) is 0 Å². The molecule has 0 saturated carbocycles. The Labute approximate surface area is 59.1 Å². The summed E-state index contributed by atoms with van der Waals surface area (Å²) in [5.41, 5.74) is 0.637. The molecule has 0 saturated heterocycles. The Bertz CT molecular complexity index is 206. The van der Waals surface area contributed by atoms with E-state index >= 15 is 0 Å². The van der Waals surface area contributed by atoms with Gasteiger partial charge in [0.2, 0.25) is 0 Å². The Morgan fingerprint density at radius 1 is 1.30 bits per heavy atom. The normalized spacial score (nSPS) is 12.5. The van der Waals surface area contributed by atoms with E-state index in [-0.39, 0.29) is 0 Å². The highest BCUT2D eigenvalue weighted by Crippen LogP contribution is 2.07. The number of hydrogen-bond donors (Lipinski definition) is 1. The molecule has 0 radical (unpaired) electrons. The molecule has 1 atom stereocenters. The van der Waals surface area contributed by atoms with Crippen molar-refractivity contribution in [1.82, 2.24) is 0 Å². The first-order chi connectivity index (χ1) is 4.84. The predicted molar refractivity (Wildman–Crippen MR) is 37.5 cm³/mol. The van der Waals surface area contributed by atoms with E-state index in [0.29, 0.717) is 11.8 Å². The van der Waals surface area contributed by atoms with Crippen molar-refractivity contribution >= 4 is 6.29 Å². The van der Waals surface area contributed by atoms with Gasteiger partial charge in [0.05, 0.1) is 0 Å². The maximum absolute atomic E-state index is 10.1. The number of hydrogen-bond acceptors (Lipinski definition) is 2. The molecule has 2 heteroatoms. The van der Waals surface area contributed by atoms with E-state index < -0.39 is 6.10 Å². The second-order valence-corrected chi connectivity index (χ2v) is 1.99.